The molecule has 3 rings (SSSR count). The largest absolute Gasteiger partial charge is 0.481 e. The summed E-state index contributed by atoms with van der Waals surface area (Å²) < 4.78 is 0. The van der Waals surface area contributed by atoms with Crippen LogP contribution in [0.5, 0.6) is 0 Å². The van der Waals surface area contributed by atoms with Crippen molar-refractivity contribution < 1.29 is 14.7 Å². The summed E-state index contributed by atoms with van der Waals surface area (Å²) in [6, 6.07) is 16.5. The highest BCUT2D eigenvalue weighted by molar-refractivity contribution is 6.31. The van der Waals surface area contributed by atoms with Gasteiger partial charge in [-0.2, -0.15) is 0 Å². The van der Waals surface area contributed by atoms with Crippen LogP contribution in [0, 0.1) is 5.41 Å². The van der Waals surface area contributed by atoms with E-state index in [2.05, 4.69) is 5.32 Å². The third-order valence-electron chi connectivity index (χ3n) is 4.79. The highest BCUT2D eigenvalue weighted by Gasteiger charge is 2.49. The predicted octanol–water partition coefficient (Wildman–Crippen LogP) is 3.65. The van der Waals surface area contributed by atoms with Gasteiger partial charge in [0.2, 0.25) is 5.91 Å². The molecule has 0 aromatic heterocycles. The summed E-state index contributed by atoms with van der Waals surface area (Å²) >= 11 is 6.20. The van der Waals surface area contributed by atoms with Crippen molar-refractivity contribution in [2.24, 2.45) is 5.41 Å². The van der Waals surface area contributed by atoms with Crippen LogP contribution in [-0.2, 0) is 16.0 Å². The van der Waals surface area contributed by atoms with Gasteiger partial charge >= 0.3 is 5.97 Å². The first-order valence-electron chi connectivity index (χ1n) is 8.31. The standard InChI is InChI=1S/C20H20ClNO3/c21-17-9-5-4-8-15(17)12-20(10-11-20)19(25)22-13-16(18(23)24)14-6-2-1-3-7-14/h1-9,16H,10-13H2,(H,22,25)(H,23,24). The minimum Gasteiger partial charge on any atom is -0.481 e. The fraction of sp³-hybridized carbons (Fsp3) is 0.300. The van der Waals surface area contributed by atoms with E-state index >= 15 is 0 Å². The molecule has 0 spiro atoms. The van der Waals surface area contributed by atoms with Crippen molar-refractivity contribution in [1.82, 2.24) is 5.32 Å². The van der Waals surface area contributed by atoms with Crippen molar-refractivity contribution in [3.8, 4) is 0 Å². The molecule has 1 saturated carbocycles. The van der Waals surface area contributed by atoms with Gasteiger partial charge in [0.15, 0.2) is 0 Å². The minimum atomic E-state index is -0.942. The number of hydrogen-bond acceptors (Lipinski definition) is 2. The molecule has 0 bridgehead atoms. The Balaban J connectivity index is 1.65. The van der Waals surface area contributed by atoms with Crippen molar-refractivity contribution in [1.29, 1.82) is 0 Å². The fourth-order valence-corrected chi connectivity index (χ4v) is 3.26. The number of carbonyl (C=O) groups is 2. The zero-order chi connectivity index (χ0) is 17.9. The van der Waals surface area contributed by atoms with Gasteiger partial charge in [-0.15, -0.1) is 0 Å². The highest BCUT2D eigenvalue weighted by Crippen LogP contribution is 2.49. The van der Waals surface area contributed by atoms with E-state index in [1.807, 2.05) is 30.3 Å². The molecule has 2 N–H and O–H groups in total. The van der Waals surface area contributed by atoms with E-state index in [0.717, 1.165) is 18.4 Å². The number of carboxylic acid groups (broad SMARTS) is 1. The molecule has 0 heterocycles. The van der Waals surface area contributed by atoms with Gasteiger partial charge in [-0.05, 0) is 36.5 Å². The number of amides is 1. The van der Waals surface area contributed by atoms with Crippen LogP contribution in [0.4, 0.5) is 0 Å². The normalized spacial score (nSPS) is 16.0. The molecule has 1 atom stereocenters. The van der Waals surface area contributed by atoms with Crippen molar-refractivity contribution in [2.45, 2.75) is 25.2 Å². The number of benzene rings is 2. The van der Waals surface area contributed by atoms with Crippen LogP contribution in [0.3, 0.4) is 0 Å². The number of hydrogen-bond donors (Lipinski definition) is 2. The first-order valence-corrected chi connectivity index (χ1v) is 8.69. The quantitative estimate of drug-likeness (QED) is 0.794. The van der Waals surface area contributed by atoms with Gasteiger partial charge in [0.1, 0.15) is 0 Å². The minimum absolute atomic E-state index is 0.0858. The molecule has 1 aliphatic rings. The molecule has 2 aromatic carbocycles. The van der Waals surface area contributed by atoms with Crippen LogP contribution >= 0.6 is 11.6 Å². The molecule has 1 amide bonds. The molecule has 0 aliphatic heterocycles. The zero-order valence-corrected chi connectivity index (χ0v) is 14.5. The summed E-state index contributed by atoms with van der Waals surface area (Å²) in [5, 5.41) is 13.0. The number of rotatable bonds is 7. The summed E-state index contributed by atoms with van der Waals surface area (Å²) in [5.41, 5.74) is 1.19. The Hall–Kier alpha value is -2.33. The molecule has 0 radical (unpaired) electrons. The maximum Gasteiger partial charge on any atom is 0.312 e. The van der Waals surface area contributed by atoms with Crippen LogP contribution in [0.25, 0.3) is 0 Å². The molecular formula is C20H20ClNO3. The van der Waals surface area contributed by atoms with Crippen LogP contribution < -0.4 is 5.32 Å². The molecule has 4 nitrogen and oxygen atoms in total. The number of carbonyl (C=O) groups excluding carboxylic acids is 1. The van der Waals surface area contributed by atoms with E-state index in [1.165, 1.54) is 0 Å². The second kappa shape index (κ2) is 7.28. The predicted molar refractivity (Wildman–Crippen MR) is 96.7 cm³/mol. The molecular weight excluding hydrogens is 338 g/mol. The maximum absolute atomic E-state index is 12.7. The Morgan fingerprint density at radius 3 is 2.32 bits per heavy atom. The first kappa shape index (κ1) is 17.5. The second-order valence-electron chi connectivity index (χ2n) is 6.56. The lowest BCUT2D eigenvalue weighted by molar-refractivity contribution is -0.138. The molecule has 25 heavy (non-hydrogen) atoms. The van der Waals surface area contributed by atoms with Crippen LogP contribution in [0.1, 0.15) is 29.9 Å². The number of nitrogens with one attached hydrogen (secondary N) is 1. The van der Waals surface area contributed by atoms with Gasteiger partial charge in [-0.3, -0.25) is 9.59 Å². The lowest BCUT2D eigenvalue weighted by Gasteiger charge is -2.19. The Labute approximate surface area is 151 Å². The van der Waals surface area contributed by atoms with Crippen molar-refractivity contribution in [3.05, 3.63) is 70.7 Å². The summed E-state index contributed by atoms with van der Waals surface area (Å²) in [4.78, 5) is 24.2. The molecule has 130 valence electrons. The second-order valence-corrected chi connectivity index (χ2v) is 6.97. The number of carboxylic acids is 1. The van der Waals surface area contributed by atoms with E-state index in [1.54, 1.807) is 24.3 Å². The zero-order valence-electron chi connectivity index (χ0n) is 13.7. The maximum atomic E-state index is 12.7. The van der Waals surface area contributed by atoms with Crippen LogP contribution in [-0.4, -0.2) is 23.5 Å². The topological polar surface area (TPSA) is 66.4 Å². The van der Waals surface area contributed by atoms with Gasteiger partial charge in [0, 0.05) is 11.6 Å². The van der Waals surface area contributed by atoms with Gasteiger partial charge < -0.3 is 10.4 Å². The summed E-state index contributed by atoms with van der Waals surface area (Å²) in [6.07, 6.45) is 2.18. The van der Waals surface area contributed by atoms with E-state index in [9.17, 15) is 14.7 Å². The van der Waals surface area contributed by atoms with Gasteiger partial charge in [-0.1, -0.05) is 60.1 Å². The Morgan fingerprint density at radius 1 is 1.08 bits per heavy atom. The molecule has 1 aliphatic carbocycles. The Morgan fingerprint density at radius 2 is 1.72 bits per heavy atom. The van der Waals surface area contributed by atoms with E-state index in [0.29, 0.717) is 17.0 Å². The van der Waals surface area contributed by atoms with Gasteiger partial charge in [0.05, 0.1) is 11.3 Å². The highest BCUT2D eigenvalue weighted by atomic mass is 35.5. The molecule has 1 fully saturated rings. The van der Waals surface area contributed by atoms with Gasteiger partial charge in [0.25, 0.3) is 0 Å². The van der Waals surface area contributed by atoms with E-state index < -0.39 is 17.3 Å². The SMILES string of the molecule is O=C(O)C(CNC(=O)C1(Cc2ccccc2Cl)CC1)c1ccccc1. The summed E-state index contributed by atoms with van der Waals surface area (Å²) in [7, 11) is 0. The monoisotopic (exact) mass is 357 g/mol. The van der Waals surface area contributed by atoms with Crippen molar-refractivity contribution in [2.75, 3.05) is 6.54 Å². The molecule has 2 aromatic rings. The Bertz CT molecular complexity index is 772. The molecule has 0 saturated heterocycles. The van der Waals surface area contributed by atoms with Crippen LogP contribution in [0.15, 0.2) is 54.6 Å². The van der Waals surface area contributed by atoms with E-state index in [4.69, 9.17) is 11.6 Å². The number of aliphatic carboxylic acids is 1. The number of halogens is 1. The first-order chi connectivity index (χ1) is 12.0. The van der Waals surface area contributed by atoms with E-state index in [-0.39, 0.29) is 12.5 Å². The van der Waals surface area contributed by atoms with Crippen molar-refractivity contribution in [3.63, 3.8) is 0 Å². The smallest absolute Gasteiger partial charge is 0.312 e. The summed E-state index contributed by atoms with van der Waals surface area (Å²) in [5.74, 6) is -1.78. The average molecular weight is 358 g/mol. The summed E-state index contributed by atoms with van der Waals surface area (Å²) in [6.45, 7) is 0.0858. The van der Waals surface area contributed by atoms with Crippen molar-refractivity contribution >= 4 is 23.5 Å². The molecule has 1 unspecified atom stereocenters. The fourth-order valence-electron chi connectivity index (χ4n) is 3.06. The average Bonchev–Trinajstić information content (AvgIpc) is 3.38. The van der Waals surface area contributed by atoms with Gasteiger partial charge in [-0.25, -0.2) is 0 Å². The lowest BCUT2D eigenvalue weighted by atomic mass is 9.94. The van der Waals surface area contributed by atoms with Crippen LogP contribution in [0.2, 0.25) is 5.02 Å². The lowest BCUT2D eigenvalue weighted by Crippen LogP contribution is -2.37. The Kier molecular flexibility index (Phi) is 5.09. The third kappa shape index (κ3) is 4.02. The third-order valence-corrected chi connectivity index (χ3v) is 5.16. The molecule has 5 heteroatoms.